The van der Waals surface area contributed by atoms with Crippen LogP contribution in [0.3, 0.4) is 0 Å². The minimum Gasteiger partial charge on any atom is -0.267 e. The molecule has 5 aromatic rings. The first-order valence-electron chi connectivity index (χ1n) is 11.4. The maximum absolute atomic E-state index is 13.1. The fourth-order valence-electron chi connectivity index (χ4n) is 3.98. The molecule has 5 rings (SSSR count). The van der Waals surface area contributed by atoms with Gasteiger partial charge in [0, 0.05) is 4.90 Å². The van der Waals surface area contributed by atoms with Crippen LogP contribution in [0.4, 0.5) is 0 Å². The Morgan fingerprint density at radius 3 is 1.31 bits per heavy atom. The monoisotopic (exact) mass is 492 g/mol. The summed E-state index contributed by atoms with van der Waals surface area (Å²) in [6.45, 7) is 0. The molecule has 3 nitrogen and oxygen atoms in total. The molecule has 0 bridgehead atoms. The molecule has 0 aliphatic rings. The minimum atomic E-state index is -0.170. The van der Waals surface area contributed by atoms with Crippen LogP contribution in [0.2, 0.25) is 0 Å². The molecule has 5 heteroatoms. The maximum atomic E-state index is 13.1. The second-order valence-corrected chi connectivity index (χ2v) is 10.3. The van der Waals surface area contributed by atoms with E-state index in [0.717, 1.165) is 16.0 Å². The summed E-state index contributed by atoms with van der Waals surface area (Å²) in [6.07, 6.45) is 1.78. The Bertz CT molecular complexity index is 1330. The Kier molecular flexibility index (Phi) is 7.47. The fraction of sp³-hybridized carbons (Fsp3) is 0.0667. The average molecular weight is 493 g/mol. The van der Waals surface area contributed by atoms with Gasteiger partial charge < -0.3 is 0 Å². The number of rotatable bonds is 8. The first-order valence-corrected chi connectivity index (χ1v) is 13.2. The van der Waals surface area contributed by atoms with Gasteiger partial charge in [0.1, 0.15) is 0 Å². The van der Waals surface area contributed by atoms with Crippen LogP contribution in [-0.4, -0.2) is 10.2 Å². The molecule has 0 spiro atoms. The number of hydrogen-bond acceptors (Lipinski definition) is 4. The number of benzene rings is 4. The molecular weight excluding hydrogens is 468 g/mol. The Balaban J connectivity index is 1.56. The molecule has 1 N–H and O–H groups in total. The van der Waals surface area contributed by atoms with Gasteiger partial charge in [0.2, 0.25) is 0 Å². The predicted octanol–water partition coefficient (Wildman–Crippen LogP) is 7.53. The number of hydrogen-bond donors (Lipinski definition) is 1. The van der Waals surface area contributed by atoms with Crippen LogP contribution in [0.25, 0.3) is 0 Å². The van der Waals surface area contributed by atoms with Gasteiger partial charge in [-0.05, 0) is 22.3 Å². The molecule has 35 heavy (non-hydrogen) atoms. The molecule has 0 saturated carbocycles. The van der Waals surface area contributed by atoms with Crippen molar-refractivity contribution in [1.82, 2.24) is 10.2 Å². The summed E-state index contributed by atoms with van der Waals surface area (Å²) in [5.74, 6) is 0. The van der Waals surface area contributed by atoms with Gasteiger partial charge in [0.25, 0.3) is 5.56 Å². The van der Waals surface area contributed by atoms with Crippen molar-refractivity contribution in [2.75, 3.05) is 0 Å². The Morgan fingerprint density at radius 2 is 0.914 bits per heavy atom. The fourth-order valence-corrected chi connectivity index (χ4v) is 6.57. The van der Waals surface area contributed by atoms with Gasteiger partial charge in [-0.1, -0.05) is 121 Å². The third-order valence-corrected chi connectivity index (χ3v) is 8.56. The van der Waals surface area contributed by atoms with Crippen molar-refractivity contribution < 1.29 is 0 Å². The predicted molar refractivity (Wildman–Crippen MR) is 146 cm³/mol. The molecule has 0 fully saturated rings. The van der Waals surface area contributed by atoms with E-state index in [2.05, 4.69) is 83.0 Å². The van der Waals surface area contributed by atoms with Gasteiger partial charge in [-0.15, -0.1) is 23.5 Å². The second kappa shape index (κ2) is 11.3. The summed E-state index contributed by atoms with van der Waals surface area (Å²) in [7, 11) is 0. The summed E-state index contributed by atoms with van der Waals surface area (Å²) in [5, 5.41) is 6.84. The number of thioether (sulfide) groups is 2. The molecule has 0 saturated heterocycles. The summed E-state index contributed by atoms with van der Waals surface area (Å²) >= 11 is 3.24. The average Bonchev–Trinajstić information content (AvgIpc) is 2.93. The number of nitrogens with one attached hydrogen (secondary N) is 1. The Labute approximate surface area is 213 Å². The van der Waals surface area contributed by atoms with Crippen LogP contribution >= 0.6 is 23.5 Å². The van der Waals surface area contributed by atoms with Gasteiger partial charge in [-0.3, -0.25) is 4.79 Å². The lowest BCUT2D eigenvalue weighted by molar-refractivity contribution is 0.892. The summed E-state index contributed by atoms with van der Waals surface area (Å²) in [4.78, 5) is 14.7. The van der Waals surface area contributed by atoms with E-state index >= 15 is 0 Å². The molecule has 0 radical (unpaired) electrons. The zero-order valence-corrected chi connectivity index (χ0v) is 20.6. The van der Waals surface area contributed by atoms with Gasteiger partial charge in [0.05, 0.1) is 21.6 Å². The maximum Gasteiger partial charge on any atom is 0.279 e. The Hall–Kier alpha value is -3.54. The topological polar surface area (TPSA) is 45.8 Å². The van der Waals surface area contributed by atoms with Crippen LogP contribution in [0.5, 0.6) is 0 Å². The first kappa shape index (κ1) is 23.2. The van der Waals surface area contributed by atoms with Gasteiger partial charge in [-0.25, -0.2) is 5.10 Å². The van der Waals surface area contributed by atoms with Crippen LogP contribution in [-0.2, 0) is 0 Å². The number of nitrogens with zero attached hydrogens (tertiary/aromatic N) is 1. The van der Waals surface area contributed by atoms with Crippen molar-refractivity contribution in [2.24, 2.45) is 0 Å². The highest BCUT2D eigenvalue weighted by Gasteiger charge is 2.23. The van der Waals surface area contributed by atoms with Gasteiger partial charge in [0.15, 0.2) is 0 Å². The minimum absolute atomic E-state index is 0.0212. The lowest BCUT2D eigenvalue weighted by atomic mass is 10.0. The second-order valence-electron chi connectivity index (χ2n) is 8.03. The molecule has 172 valence electrons. The van der Waals surface area contributed by atoms with Crippen molar-refractivity contribution in [2.45, 2.75) is 20.3 Å². The van der Waals surface area contributed by atoms with E-state index in [4.69, 9.17) is 0 Å². The van der Waals surface area contributed by atoms with Gasteiger partial charge in [-0.2, -0.15) is 5.10 Å². The Morgan fingerprint density at radius 1 is 0.543 bits per heavy atom. The highest BCUT2D eigenvalue weighted by atomic mass is 32.2. The largest absolute Gasteiger partial charge is 0.279 e. The summed E-state index contributed by atoms with van der Waals surface area (Å²) < 4.78 is 0. The zero-order valence-electron chi connectivity index (χ0n) is 19.0. The third-order valence-electron chi connectivity index (χ3n) is 5.67. The molecule has 1 aromatic heterocycles. The summed E-state index contributed by atoms with van der Waals surface area (Å²) in [5.41, 5.74) is 4.50. The van der Waals surface area contributed by atoms with Crippen LogP contribution < -0.4 is 5.56 Å². The van der Waals surface area contributed by atoms with Crippen molar-refractivity contribution in [3.05, 3.63) is 160 Å². The highest BCUT2D eigenvalue weighted by molar-refractivity contribution is 8.02. The molecule has 1 heterocycles. The normalized spacial score (nSPS) is 11.1. The van der Waals surface area contributed by atoms with E-state index in [-0.39, 0.29) is 16.1 Å². The van der Waals surface area contributed by atoms with E-state index in [1.807, 2.05) is 48.5 Å². The van der Waals surface area contributed by atoms with Crippen molar-refractivity contribution in [1.29, 1.82) is 0 Å². The number of aromatic nitrogens is 2. The lowest BCUT2D eigenvalue weighted by Gasteiger charge is -2.21. The quantitative estimate of drug-likeness (QED) is 0.227. The standard InChI is InChI=1S/C30H24N2OS2/c33-30-29(35-28(24-17-9-3-10-18-24)25-19-11-4-12-20-25)26(21-31-32-30)34-27(22-13-5-1-6-14-22)23-15-7-2-8-16-23/h1-21,27-28H,(H,32,33). The summed E-state index contributed by atoms with van der Waals surface area (Å²) in [6, 6.07) is 41.5. The van der Waals surface area contributed by atoms with E-state index in [0.29, 0.717) is 4.90 Å². The molecule has 4 aromatic carbocycles. The number of H-pyrrole nitrogens is 1. The van der Waals surface area contributed by atoms with E-state index in [1.165, 1.54) is 11.1 Å². The van der Waals surface area contributed by atoms with Crippen molar-refractivity contribution >= 4 is 23.5 Å². The van der Waals surface area contributed by atoms with E-state index in [9.17, 15) is 4.79 Å². The van der Waals surface area contributed by atoms with Crippen LogP contribution in [0.15, 0.2) is 142 Å². The molecule has 0 unspecified atom stereocenters. The van der Waals surface area contributed by atoms with E-state index in [1.54, 1.807) is 29.7 Å². The van der Waals surface area contributed by atoms with Crippen molar-refractivity contribution in [3.8, 4) is 0 Å². The SMILES string of the molecule is O=c1[nH]ncc(SC(c2ccccc2)c2ccccc2)c1SC(c1ccccc1)c1ccccc1. The zero-order chi connectivity index (χ0) is 23.9. The third kappa shape index (κ3) is 5.59. The molecular formula is C30H24N2OS2. The smallest absolute Gasteiger partial charge is 0.267 e. The van der Waals surface area contributed by atoms with Crippen LogP contribution in [0.1, 0.15) is 32.8 Å². The lowest BCUT2D eigenvalue weighted by Crippen LogP contribution is -2.13. The highest BCUT2D eigenvalue weighted by Crippen LogP contribution is 2.46. The molecule has 0 aliphatic heterocycles. The molecule has 0 atom stereocenters. The van der Waals surface area contributed by atoms with E-state index < -0.39 is 0 Å². The molecule has 0 amide bonds. The van der Waals surface area contributed by atoms with Crippen LogP contribution in [0, 0.1) is 0 Å². The number of aromatic amines is 1. The first-order chi connectivity index (χ1) is 17.3. The van der Waals surface area contributed by atoms with Crippen molar-refractivity contribution in [3.63, 3.8) is 0 Å². The molecule has 0 aliphatic carbocycles. The van der Waals surface area contributed by atoms with Gasteiger partial charge >= 0.3 is 0 Å².